The van der Waals surface area contributed by atoms with E-state index in [-0.39, 0.29) is 16.9 Å². The number of carbonyl (C=O) groups is 4. The van der Waals surface area contributed by atoms with Crippen molar-refractivity contribution >= 4 is 35.6 Å². The van der Waals surface area contributed by atoms with E-state index in [0.717, 1.165) is 25.9 Å². The standard InChI is InChI=1S/C30H33N3O5.C2HF3O/c1-3-30(17-4-5-18-33(2)20-30)23-7-6-8-26(19-23)38-29(37)32-25-13-9-21(10-14-25)27(34)31-24-15-11-22(12-16-24)28(35)36;3-2(4,5)1-6/h6-16,19H,3-5,17-18,20H2,1-2H3,(H,31,34)(H,32,37)(H,35,36);1H. The minimum atomic E-state index is -4.64. The van der Waals surface area contributed by atoms with Crippen molar-refractivity contribution in [2.75, 3.05) is 30.8 Å². The summed E-state index contributed by atoms with van der Waals surface area (Å²) in [5.74, 6) is -0.896. The third-order valence-corrected chi connectivity index (χ3v) is 7.27. The van der Waals surface area contributed by atoms with Crippen molar-refractivity contribution in [2.45, 2.75) is 44.2 Å². The number of hydrogen-bond acceptors (Lipinski definition) is 6. The van der Waals surface area contributed by atoms with Crippen LogP contribution < -0.4 is 15.4 Å². The van der Waals surface area contributed by atoms with Crippen LogP contribution in [-0.2, 0) is 10.2 Å². The van der Waals surface area contributed by atoms with Crippen molar-refractivity contribution in [1.29, 1.82) is 0 Å². The predicted octanol–water partition coefficient (Wildman–Crippen LogP) is 6.76. The molecule has 3 aromatic carbocycles. The number of carboxylic acids is 1. The number of halogens is 3. The average molecular weight is 614 g/mol. The third-order valence-electron chi connectivity index (χ3n) is 7.27. The van der Waals surface area contributed by atoms with Crippen LogP contribution >= 0.6 is 0 Å². The van der Waals surface area contributed by atoms with Crippen molar-refractivity contribution in [2.24, 2.45) is 0 Å². The molecule has 1 unspecified atom stereocenters. The van der Waals surface area contributed by atoms with Gasteiger partial charge in [0.05, 0.1) is 5.56 Å². The van der Waals surface area contributed by atoms with E-state index in [0.29, 0.717) is 22.7 Å². The zero-order chi connectivity index (χ0) is 32.3. The molecule has 0 aliphatic carbocycles. The van der Waals surface area contributed by atoms with Gasteiger partial charge in [0.15, 0.2) is 0 Å². The first-order chi connectivity index (χ1) is 20.8. The van der Waals surface area contributed by atoms with Gasteiger partial charge < -0.3 is 20.1 Å². The molecule has 1 fully saturated rings. The number of rotatable bonds is 7. The highest BCUT2D eigenvalue weighted by Gasteiger charge is 2.33. The molecule has 1 aliphatic heterocycles. The molecule has 1 atom stereocenters. The van der Waals surface area contributed by atoms with Gasteiger partial charge in [0.1, 0.15) is 5.75 Å². The Morgan fingerprint density at radius 3 is 2.11 bits per heavy atom. The molecular weight excluding hydrogens is 579 g/mol. The number of likely N-dealkylation sites (tertiary alicyclic amines) is 1. The molecule has 3 aromatic rings. The summed E-state index contributed by atoms with van der Waals surface area (Å²) in [6.07, 6.45) is -1.82. The van der Waals surface area contributed by atoms with Gasteiger partial charge in [0.25, 0.3) is 5.91 Å². The van der Waals surface area contributed by atoms with Crippen LogP contribution in [0, 0.1) is 0 Å². The highest BCUT2D eigenvalue weighted by molar-refractivity contribution is 6.04. The van der Waals surface area contributed by atoms with Crippen LogP contribution in [0.3, 0.4) is 0 Å². The Bertz CT molecular complexity index is 1440. The maximum absolute atomic E-state index is 12.6. The Labute approximate surface area is 253 Å². The molecular formula is C32H34F3N3O6. The minimum absolute atomic E-state index is 0.0375. The van der Waals surface area contributed by atoms with Gasteiger partial charge in [-0.1, -0.05) is 25.5 Å². The van der Waals surface area contributed by atoms with Crippen LogP contribution in [-0.4, -0.2) is 60.6 Å². The summed E-state index contributed by atoms with van der Waals surface area (Å²) in [6.45, 7) is 4.30. The zero-order valence-corrected chi connectivity index (χ0v) is 24.3. The molecule has 0 bridgehead atoms. The van der Waals surface area contributed by atoms with Gasteiger partial charge in [-0.3, -0.25) is 14.9 Å². The van der Waals surface area contributed by atoms with Gasteiger partial charge in [-0.05, 0) is 99.1 Å². The Morgan fingerprint density at radius 1 is 0.955 bits per heavy atom. The van der Waals surface area contributed by atoms with Crippen LogP contribution in [0.15, 0.2) is 72.8 Å². The summed E-state index contributed by atoms with van der Waals surface area (Å²) in [4.78, 5) is 47.2. The minimum Gasteiger partial charge on any atom is -0.478 e. The summed E-state index contributed by atoms with van der Waals surface area (Å²) in [6, 6.07) is 20.1. The van der Waals surface area contributed by atoms with Gasteiger partial charge in [0, 0.05) is 28.9 Å². The molecule has 12 heteroatoms. The molecule has 0 spiro atoms. The number of carboxylic acid groups (broad SMARTS) is 1. The monoisotopic (exact) mass is 613 g/mol. The largest absolute Gasteiger partial charge is 0.478 e. The normalized spacial score (nSPS) is 16.8. The molecule has 4 rings (SSSR count). The summed E-state index contributed by atoms with van der Waals surface area (Å²) in [5.41, 5.74) is 2.72. The van der Waals surface area contributed by atoms with Crippen molar-refractivity contribution < 1.29 is 42.2 Å². The second-order valence-electron chi connectivity index (χ2n) is 10.4. The highest BCUT2D eigenvalue weighted by atomic mass is 19.4. The molecule has 234 valence electrons. The molecule has 44 heavy (non-hydrogen) atoms. The summed E-state index contributed by atoms with van der Waals surface area (Å²) in [5, 5.41) is 14.4. The number of nitrogens with zero attached hydrogens (tertiary/aromatic N) is 1. The smallest absolute Gasteiger partial charge is 0.446 e. The predicted molar refractivity (Wildman–Crippen MR) is 159 cm³/mol. The molecule has 3 N–H and O–H groups in total. The summed E-state index contributed by atoms with van der Waals surface area (Å²) in [7, 11) is 2.16. The van der Waals surface area contributed by atoms with Gasteiger partial charge in [-0.2, -0.15) is 13.2 Å². The molecule has 2 amide bonds. The quantitative estimate of drug-likeness (QED) is 0.252. The lowest BCUT2D eigenvalue weighted by Gasteiger charge is -2.35. The number of ether oxygens (including phenoxy) is 1. The number of aldehydes is 1. The zero-order valence-electron chi connectivity index (χ0n) is 24.3. The first-order valence-electron chi connectivity index (χ1n) is 13.9. The molecule has 0 radical (unpaired) electrons. The SMILES string of the molecule is CCC1(c2cccc(OC(=O)Nc3ccc(C(=O)Nc4ccc(C(=O)O)cc4)cc3)c2)CCCCN(C)C1.O=CC(F)(F)F. The van der Waals surface area contributed by atoms with E-state index in [1.165, 1.54) is 42.7 Å². The average Bonchev–Trinajstić information content (AvgIpc) is 3.19. The first kappa shape index (κ1) is 33.8. The van der Waals surface area contributed by atoms with E-state index in [1.807, 2.05) is 12.1 Å². The number of carbonyl (C=O) groups excluding carboxylic acids is 3. The Balaban J connectivity index is 0.000000801. The first-order valence-corrected chi connectivity index (χ1v) is 13.9. The Kier molecular flexibility index (Phi) is 11.6. The maximum Gasteiger partial charge on any atom is 0.446 e. The van der Waals surface area contributed by atoms with Gasteiger partial charge in [-0.25, -0.2) is 9.59 Å². The summed E-state index contributed by atoms with van der Waals surface area (Å²) >= 11 is 0. The van der Waals surface area contributed by atoms with Crippen LogP contribution in [0.25, 0.3) is 0 Å². The lowest BCUT2D eigenvalue weighted by atomic mass is 9.74. The van der Waals surface area contributed by atoms with Crippen molar-refractivity contribution in [3.05, 3.63) is 89.5 Å². The number of likely N-dealkylation sites (N-methyl/N-ethyl adjacent to an activating group) is 1. The Hall–Kier alpha value is -4.71. The number of anilines is 2. The fourth-order valence-corrected chi connectivity index (χ4v) is 4.99. The number of benzene rings is 3. The molecule has 1 heterocycles. The van der Waals surface area contributed by atoms with Crippen molar-refractivity contribution in [1.82, 2.24) is 4.90 Å². The number of hydrogen-bond donors (Lipinski definition) is 3. The molecule has 1 saturated heterocycles. The van der Waals surface area contributed by atoms with Crippen molar-refractivity contribution in [3.63, 3.8) is 0 Å². The number of nitrogens with one attached hydrogen (secondary N) is 2. The van der Waals surface area contributed by atoms with E-state index >= 15 is 0 Å². The third kappa shape index (κ3) is 9.94. The van der Waals surface area contributed by atoms with Crippen LogP contribution in [0.1, 0.15) is 58.9 Å². The van der Waals surface area contributed by atoms with Gasteiger partial charge in [0.2, 0.25) is 6.29 Å². The lowest BCUT2D eigenvalue weighted by molar-refractivity contribution is -0.156. The second kappa shape index (κ2) is 15.1. The van der Waals surface area contributed by atoms with Gasteiger partial charge >= 0.3 is 18.2 Å². The second-order valence-corrected chi connectivity index (χ2v) is 10.4. The van der Waals surface area contributed by atoms with E-state index in [2.05, 4.69) is 35.6 Å². The number of alkyl halides is 3. The van der Waals surface area contributed by atoms with Crippen LogP contribution in [0.4, 0.5) is 29.3 Å². The lowest BCUT2D eigenvalue weighted by Crippen LogP contribution is -2.37. The maximum atomic E-state index is 12.6. The van der Waals surface area contributed by atoms with E-state index in [9.17, 15) is 27.6 Å². The Morgan fingerprint density at radius 2 is 1.55 bits per heavy atom. The van der Waals surface area contributed by atoms with E-state index < -0.39 is 24.5 Å². The molecule has 0 saturated carbocycles. The molecule has 9 nitrogen and oxygen atoms in total. The van der Waals surface area contributed by atoms with Crippen LogP contribution in [0.5, 0.6) is 5.75 Å². The number of aromatic carboxylic acids is 1. The van der Waals surface area contributed by atoms with E-state index in [1.54, 1.807) is 30.3 Å². The summed E-state index contributed by atoms with van der Waals surface area (Å²) < 4.78 is 36.8. The topological polar surface area (TPSA) is 125 Å². The fourth-order valence-electron chi connectivity index (χ4n) is 4.99. The highest BCUT2D eigenvalue weighted by Crippen LogP contribution is 2.37. The van der Waals surface area contributed by atoms with Crippen molar-refractivity contribution in [3.8, 4) is 5.75 Å². The molecule has 0 aromatic heterocycles. The van der Waals surface area contributed by atoms with Gasteiger partial charge in [-0.15, -0.1) is 0 Å². The van der Waals surface area contributed by atoms with Crippen LogP contribution in [0.2, 0.25) is 0 Å². The molecule has 1 aliphatic rings. The van der Waals surface area contributed by atoms with E-state index in [4.69, 9.17) is 14.6 Å². The number of amides is 2. The fraction of sp³-hybridized carbons (Fsp3) is 0.312.